The van der Waals surface area contributed by atoms with Crippen LogP contribution in [0.1, 0.15) is 28.4 Å². The van der Waals surface area contributed by atoms with E-state index in [2.05, 4.69) is 5.32 Å². The summed E-state index contributed by atoms with van der Waals surface area (Å²) in [6.07, 6.45) is -1.42. The number of carbonyl (C=O) groups excluding carboxylic acids is 2. The van der Waals surface area contributed by atoms with Gasteiger partial charge in [-0.05, 0) is 48.9 Å². The maximum Gasteiger partial charge on any atom is 0.416 e. The van der Waals surface area contributed by atoms with Gasteiger partial charge in [0.25, 0.3) is 5.91 Å². The standard InChI is InChI=1S/C26H22F3NO4/c1-2-33-24-15-18(11-13-22(31)19-7-4-3-5-8-19)12-14-23(24)34-17-25(32)30-21-10-6-9-20(16-21)26(27,28)29/h3-16H,2,17H2,1H3,(H,30,32). The highest BCUT2D eigenvalue weighted by Gasteiger charge is 2.30. The van der Waals surface area contributed by atoms with Gasteiger partial charge in [0.05, 0.1) is 12.2 Å². The third kappa shape index (κ3) is 6.96. The molecule has 5 nitrogen and oxygen atoms in total. The van der Waals surface area contributed by atoms with E-state index in [1.807, 2.05) is 6.07 Å². The van der Waals surface area contributed by atoms with Crippen molar-refractivity contribution in [3.63, 3.8) is 0 Å². The summed E-state index contributed by atoms with van der Waals surface area (Å²) in [5, 5.41) is 2.38. The van der Waals surface area contributed by atoms with Crippen LogP contribution in [0.4, 0.5) is 18.9 Å². The van der Waals surface area contributed by atoms with Crippen LogP contribution < -0.4 is 14.8 Å². The molecule has 0 fully saturated rings. The third-order valence-electron chi connectivity index (χ3n) is 4.59. The number of hydrogen-bond donors (Lipinski definition) is 1. The molecule has 3 aromatic rings. The average molecular weight is 469 g/mol. The minimum atomic E-state index is -4.51. The van der Waals surface area contributed by atoms with Gasteiger partial charge in [0.1, 0.15) is 0 Å². The van der Waals surface area contributed by atoms with Gasteiger partial charge in [0, 0.05) is 11.3 Å². The summed E-state index contributed by atoms with van der Waals surface area (Å²) < 4.78 is 49.6. The number of halogens is 3. The lowest BCUT2D eigenvalue weighted by Crippen LogP contribution is -2.20. The van der Waals surface area contributed by atoms with E-state index in [4.69, 9.17) is 9.47 Å². The van der Waals surface area contributed by atoms with Crippen LogP contribution in [0.3, 0.4) is 0 Å². The Morgan fingerprint density at radius 1 is 0.912 bits per heavy atom. The van der Waals surface area contributed by atoms with Gasteiger partial charge in [0.15, 0.2) is 23.9 Å². The summed E-state index contributed by atoms with van der Waals surface area (Å²) in [6, 6.07) is 18.1. The summed E-state index contributed by atoms with van der Waals surface area (Å²) in [5.41, 5.74) is 0.403. The van der Waals surface area contributed by atoms with Gasteiger partial charge in [-0.1, -0.05) is 48.5 Å². The predicted molar refractivity (Wildman–Crippen MR) is 123 cm³/mol. The molecule has 0 atom stereocenters. The first-order chi connectivity index (χ1) is 16.3. The number of nitrogens with one attached hydrogen (secondary N) is 1. The first kappa shape index (κ1) is 24.6. The van der Waals surface area contributed by atoms with E-state index in [1.165, 1.54) is 18.2 Å². The quantitative estimate of drug-likeness (QED) is 0.308. The van der Waals surface area contributed by atoms with Crippen molar-refractivity contribution in [1.82, 2.24) is 0 Å². The predicted octanol–water partition coefficient (Wildman–Crippen LogP) is 6.02. The Kier molecular flexibility index (Phi) is 8.08. The van der Waals surface area contributed by atoms with Crippen LogP contribution >= 0.6 is 0 Å². The molecule has 3 rings (SSSR count). The molecule has 1 N–H and O–H groups in total. The van der Waals surface area contributed by atoms with Crippen molar-refractivity contribution in [2.24, 2.45) is 0 Å². The Morgan fingerprint density at radius 3 is 2.38 bits per heavy atom. The smallest absolute Gasteiger partial charge is 0.416 e. The molecule has 0 saturated carbocycles. The molecular formula is C26H22F3NO4. The fourth-order valence-electron chi connectivity index (χ4n) is 3.00. The lowest BCUT2D eigenvalue weighted by Gasteiger charge is -2.13. The second-order valence-electron chi connectivity index (χ2n) is 7.12. The van der Waals surface area contributed by atoms with Crippen molar-refractivity contribution in [1.29, 1.82) is 0 Å². The van der Waals surface area contributed by atoms with E-state index < -0.39 is 24.3 Å². The largest absolute Gasteiger partial charge is 0.490 e. The van der Waals surface area contributed by atoms with Crippen LogP contribution in [-0.2, 0) is 11.0 Å². The number of allylic oxidation sites excluding steroid dienone is 1. The van der Waals surface area contributed by atoms with Gasteiger partial charge in [-0.25, -0.2) is 0 Å². The van der Waals surface area contributed by atoms with Crippen molar-refractivity contribution >= 4 is 23.5 Å². The number of carbonyl (C=O) groups is 2. The molecule has 0 aromatic heterocycles. The normalized spacial score (nSPS) is 11.3. The third-order valence-corrected chi connectivity index (χ3v) is 4.59. The topological polar surface area (TPSA) is 64.6 Å². The van der Waals surface area contributed by atoms with Gasteiger partial charge in [-0.15, -0.1) is 0 Å². The Hall–Kier alpha value is -4.07. The highest BCUT2D eigenvalue weighted by Crippen LogP contribution is 2.31. The molecule has 0 aliphatic heterocycles. The molecule has 0 saturated heterocycles. The van der Waals surface area contributed by atoms with Gasteiger partial charge < -0.3 is 14.8 Å². The second-order valence-corrected chi connectivity index (χ2v) is 7.12. The Balaban J connectivity index is 1.64. The number of alkyl halides is 3. The van der Waals surface area contributed by atoms with E-state index in [9.17, 15) is 22.8 Å². The van der Waals surface area contributed by atoms with E-state index in [1.54, 1.807) is 55.5 Å². The maximum absolute atomic E-state index is 12.8. The lowest BCUT2D eigenvalue weighted by molar-refractivity contribution is -0.137. The SMILES string of the molecule is CCOc1cc(C=CC(=O)c2ccccc2)ccc1OCC(=O)Nc1cccc(C(F)(F)F)c1. The monoisotopic (exact) mass is 469 g/mol. The molecule has 34 heavy (non-hydrogen) atoms. The van der Waals surface area contributed by atoms with Gasteiger partial charge >= 0.3 is 6.18 Å². The molecule has 0 aliphatic carbocycles. The van der Waals surface area contributed by atoms with Crippen molar-refractivity contribution in [3.8, 4) is 11.5 Å². The number of hydrogen-bond acceptors (Lipinski definition) is 4. The summed E-state index contributed by atoms with van der Waals surface area (Å²) in [4.78, 5) is 24.4. The van der Waals surface area contributed by atoms with E-state index >= 15 is 0 Å². The van der Waals surface area contributed by atoms with Crippen LogP contribution in [0.15, 0.2) is 78.9 Å². The van der Waals surface area contributed by atoms with E-state index in [0.29, 0.717) is 23.5 Å². The Bertz CT molecular complexity index is 1170. The van der Waals surface area contributed by atoms with Crippen LogP contribution in [0.25, 0.3) is 6.08 Å². The maximum atomic E-state index is 12.8. The number of benzene rings is 3. The number of rotatable bonds is 9. The van der Waals surface area contributed by atoms with Crippen molar-refractivity contribution < 1.29 is 32.2 Å². The molecule has 0 spiro atoms. The molecule has 0 unspecified atom stereocenters. The summed E-state index contributed by atoms with van der Waals surface area (Å²) >= 11 is 0. The van der Waals surface area contributed by atoms with Gasteiger partial charge in [-0.2, -0.15) is 13.2 Å². The first-order valence-corrected chi connectivity index (χ1v) is 10.4. The molecule has 8 heteroatoms. The Labute approximate surface area is 194 Å². The Morgan fingerprint density at radius 2 is 1.68 bits per heavy atom. The molecule has 3 aromatic carbocycles. The van der Waals surface area contributed by atoms with Crippen molar-refractivity contribution in [2.75, 3.05) is 18.5 Å². The fourth-order valence-corrected chi connectivity index (χ4v) is 3.00. The van der Waals surface area contributed by atoms with Crippen LogP contribution in [0, 0.1) is 0 Å². The zero-order chi connectivity index (χ0) is 24.6. The molecule has 1 amide bonds. The van der Waals surface area contributed by atoms with Gasteiger partial charge in [0.2, 0.25) is 0 Å². The average Bonchev–Trinajstić information content (AvgIpc) is 2.82. The fraction of sp³-hybridized carbons (Fsp3) is 0.154. The second kappa shape index (κ2) is 11.2. The van der Waals surface area contributed by atoms with E-state index in [0.717, 1.165) is 12.1 Å². The summed E-state index contributed by atoms with van der Waals surface area (Å²) in [7, 11) is 0. The molecule has 176 valence electrons. The van der Waals surface area contributed by atoms with Crippen LogP contribution in [0.5, 0.6) is 11.5 Å². The zero-order valence-corrected chi connectivity index (χ0v) is 18.3. The lowest BCUT2D eigenvalue weighted by atomic mass is 10.1. The summed E-state index contributed by atoms with van der Waals surface area (Å²) in [5.74, 6) is -0.124. The summed E-state index contributed by atoms with van der Waals surface area (Å²) in [6.45, 7) is 1.69. The molecular weight excluding hydrogens is 447 g/mol. The first-order valence-electron chi connectivity index (χ1n) is 10.4. The molecule has 0 heterocycles. The van der Waals surface area contributed by atoms with Crippen LogP contribution in [-0.4, -0.2) is 24.9 Å². The number of ether oxygens (including phenoxy) is 2. The van der Waals surface area contributed by atoms with Crippen LogP contribution in [0.2, 0.25) is 0 Å². The highest BCUT2D eigenvalue weighted by atomic mass is 19.4. The minimum absolute atomic E-state index is 0.0111. The number of anilines is 1. The molecule has 0 bridgehead atoms. The molecule has 0 radical (unpaired) electrons. The van der Waals surface area contributed by atoms with Crippen molar-refractivity contribution in [2.45, 2.75) is 13.1 Å². The van der Waals surface area contributed by atoms with E-state index in [-0.39, 0.29) is 17.2 Å². The van der Waals surface area contributed by atoms with Crippen molar-refractivity contribution in [3.05, 3.63) is 95.6 Å². The van der Waals surface area contributed by atoms with Gasteiger partial charge in [-0.3, -0.25) is 9.59 Å². The minimum Gasteiger partial charge on any atom is -0.490 e. The number of ketones is 1. The molecule has 0 aliphatic rings. The zero-order valence-electron chi connectivity index (χ0n) is 18.3. The highest BCUT2D eigenvalue weighted by molar-refractivity contribution is 6.06. The number of amides is 1.